The minimum atomic E-state index is -3.51. The topological polar surface area (TPSA) is 87.5 Å². The first-order chi connectivity index (χ1) is 11.8. The normalized spacial score (nSPS) is 15.8. The zero-order chi connectivity index (χ0) is 18.4. The lowest BCUT2D eigenvalue weighted by Crippen LogP contribution is -2.38. The molecule has 1 heterocycles. The molecule has 0 atom stereocenters. The van der Waals surface area contributed by atoms with Crippen molar-refractivity contribution in [3.05, 3.63) is 24.3 Å². The van der Waals surface area contributed by atoms with Crippen molar-refractivity contribution in [1.82, 2.24) is 4.90 Å². The predicted molar refractivity (Wildman–Crippen MR) is 93.8 cm³/mol. The van der Waals surface area contributed by atoms with Gasteiger partial charge < -0.3 is 9.64 Å². The molecule has 25 heavy (non-hydrogen) atoms. The van der Waals surface area contributed by atoms with Crippen LogP contribution in [-0.2, 0) is 14.6 Å². The van der Waals surface area contributed by atoms with Crippen LogP contribution in [0.4, 0.5) is 0 Å². The number of nitriles is 1. The number of carbonyl (C=O) groups is 1. The van der Waals surface area contributed by atoms with Crippen molar-refractivity contribution in [2.45, 2.75) is 44.1 Å². The largest absolute Gasteiger partial charge is 0.491 e. The molecule has 0 aliphatic carbocycles. The molecule has 1 aromatic rings. The highest BCUT2D eigenvalue weighted by Crippen LogP contribution is 2.20. The molecule has 1 aliphatic rings. The molecule has 0 unspecified atom stereocenters. The number of hydrogen-bond acceptors (Lipinski definition) is 5. The lowest BCUT2D eigenvalue weighted by atomic mass is 9.98. The summed E-state index contributed by atoms with van der Waals surface area (Å²) >= 11 is 0. The molecule has 136 valence electrons. The van der Waals surface area contributed by atoms with Crippen molar-refractivity contribution in [1.29, 1.82) is 5.26 Å². The molecule has 1 aliphatic heterocycles. The number of nitrogens with zero attached hydrogens (tertiary/aromatic N) is 2. The van der Waals surface area contributed by atoms with Crippen LogP contribution < -0.4 is 4.74 Å². The highest BCUT2D eigenvalue weighted by molar-refractivity contribution is 7.91. The average Bonchev–Trinajstić information content (AvgIpc) is 2.60. The van der Waals surface area contributed by atoms with Crippen molar-refractivity contribution in [3.8, 4) is 11.8 Å². The molecule has 1 saturated heterocycles. The number of sulfone groups is 1. The molecular formula is C18H24N2O4S. The Bertz CT molecular complexity index is 727. The van der Waals surface area contributed by atoms with Crippen LogP contribution in [0.5, 0.6) is 5.75 Å². The van der Waals surface area contributed by atoms with E-state index in [9.17, 15) is 13.2 Å². The summed E-state index contributed by atoms with van der Waals surface area (Å²) in [6.07, 6.45) is 1.30. The maximum atomic E-state index is 12.4. The van der Waals surface area contributed by atoms with Gasteiger partial charge in [-0.25, -0.2) is 8.42 Å². The lowest BCUT2D eigenvalue weighted by molar-refractivity contribution is -0.131. The molecule has 6 nitrogen and oxygen atoms in total. The van der Waals surface area contributed by atoms with E-state index in [1.54, 1.807) is 17.0 Å². The third kappa shape index (κ3) is 5.46. The van der Waals surface area contributed by atoms with Crippen molar-refractivity contribution in [2.75, 3.05) is 18.8 Å². The van der Waals surface area contributed by atoms with E-state index < -0.39 is 9.84 Å². The molecule has 1 aromatic carbocycles. The Labute approximate surface area is 149 Å². The fourth-order valence-corrected chi connectivity index (χ4v) is 3.98. The Kier molecular flexibility index (Phi) is 6.43. The quantitative estimate of drug-likeness (QED) is 0.773. The first-order valence-electron chi connectivity index (χ1n) is 8.48. The van der Waals surface area contributed by atoms with Gasteiger partial charge in [-0.3, -0.25) is 4.79 Å². The van der Waals surface area contributed by atoms with E-state index in [0.29, 0.717) is 31.7 Å². The van der Waals surface area contributed by atoms with Crippen molar-refractivity contribution in [2.24, 2.45) is 5.92 Å². The molecule has 0 radical (unpaired) electrons. The van der Waals surface area contributed by atoms with Gasteiger partial charge in [-0.15, -0.1) is 0 Å². The van der Waals surface area contributed by atoms with Gasteiger partial charge in [-0.05, 0) is 51.0 Å². The Morgan fingerprint density at radius 1 is 1.28 bits per heavy atom. The predicted octanol–water partition coefficient (Wildman–Crippen LogP) is 2.40. The fourth-order valence-electron chi connectivity index (χ4n) is 2.75. The second-order valence-electron chi connectivity index (χ2n) is 6.49. The summed E-state index contributed by atoms with van der Waals surface area (Å²) in [5, 5.41) is 8.88. The van der Waals surface area contributed by atoms with Gasteiger partial charge in [0.25, 0.3) is 0 Å². The smallest absolute Gasteiger partial charge is 0.223 e. The third-order valence-corrected chi connectivity index (χ3v) is 5.90. The summed E-state index contributed by atoms with van der Waals surface area (Å²) in [5.41, 5.74) is 0. The van der Waals surface area contributed by atoms with Crippen LogP contribution in [0.2, 0.25) is 0 Å². The van der Waals surface area contributed by atoms with Crippen LogP contribution in [0, 0.1) is 17.2 Å². The molecule has 1 amide bonds. The molecule has 0 spiro atoms. The molecule has 0 saturated carbocycles. The molecular weight excluding hydrogens is 340 g/mol. The minimum absolute atomic E-state index is 0.000597. The average molecular weight is 364 g/mol. The molecule has 2 rings (SSSR count). The van der Waals surface area contributed by atoms with Crippen molar-refractivity contribution < 1.29 is 17.9 Å². The van der Waals surface area contributed by atoms with E-state index >= 15 is 0 Å². The summed E-state index contributed by atoms with van der Waals surface area (Å²) in [6.45, 7) is 4.85. The summed E-state index contributed by atoms with van der Waals surface area (Å²) < 4.78 is 30.3. The van der Waals surface area contributed by atoms with E-state index in [1.807, 2.05) is 13.8 Å². The minimum Gasteiger partial charge on any atom is -0.491 e. The summed E-state index contributed by atoms with van der Waals surface area (Å²) in [4.78, 5) is 14.1. The van der Waals surface area contributed by atoms with Gasteiger partial charge in [0.1, 0.15) is 5.75 Å². The molecule has 0 bridgehead atoms. The number of carbonyl (C=O) groups excluding carboxylic acids is 1. The van der Waals surface area contributed by atoms with Crippen molar-refractivity contribution in [3.63, 3.8) is 0 Å². The van der Waals surface area contributed by atoms with Gasteiger partial charge >= 0.3 is 0 Å². The Hall–Kier alpha value is -2.07. The van der Waals surface area contributed by atoms with E-state index in [4.69, 9.17) is 10.00 Å². The van der Waals surface area contributed by atoms with Gasteiger partial charge in [0, 0.05) is 25.4 Å². The first-order valence-corrected chi connectivity index (χ1v) is 10.1. The van der Waals surface area contributed by atoms with E-state index in [-0.39, 0.29) is 35.0 Å². The summed E-state index contributed by atoms with van der Waals surface area (Å²) in [5.74, 6) is 0.235. The number of amides is 1. The maximum Gasteiger partial charge on any atom is 0.223 e. The zero-order valence-corrected chi connectivity index (χ0v) is 15.5. The molecule has 0 aromatic heterocycles. The van der Waals surface area contributed by atoms with Gasteiger partial charge in [-0.2, -0.15) is 5.26 Å². The standard InChI is InChI=1S/C18H24N2O4S/c1-14(2)24-16-3-5-17(6-4-16)25(22,23)12-9-18(21)20-10-7-15(13-19)8-11-20/h3-6,14-15H,7-12H2,1-2H3. The van der Waals surface area contributed by atoms with E-state index in [2.05, 4.69) is 6.07 Å². The monoisotopic (exact) mass is 364 g/mol. The highest BCUT2D eigenvalue weighted by Gasteiger charge is 2.24. The number of benzene rings is 1. The molecule has 0 N–H and O–H groups in total. The summed E-state index contributed by atoms with van der Waals surface area (Å²) in [7, 11) is -3.51. The Morgan fingerprint density at radius 3 is 2.40 bits per heavy atom. The van der Waals surface area contributed by atoms with Gasteiger partial charge in [0.2, 0.25) is 5.91 Å². The van der Waals surface area contributed by atoms with Gasteiger partial charge in [0.15, 0.2) is 9.84 Å². The number of piperidine rings is 1. The number of ether oxygens (including phenoxy) is 1. The second kappa shape index (κ2) is 8.34. The Morgan fingerprint density at radius 2 is 1.88 bits per heavy atom. The number of hydrogen-bond donors (Lipinski definition) is 0. The fraction of sp³-hybridized carbons (Fsp3) is 0.556. The van der Waals surface area contributed by atoms with E-state index in [1.165, 1.54) is 12.1 Å². The lowest BCUT2D eigenvalue weighted by Gasteiger charge is -2.29. The van der Waals surface area contributed by atoms with Gasteiger partial charge in [-0.1, -0.05) is 0 Å². The maximum absolute atomic E-state index is 12.4. The van der Waals surface area contributed by atoms with Crippen LogP contribution in [0.15, 0.2) is 29.2 Å². The number of likely N-dealkylation sites (tertiary alicyclic amines) is 1. The molecule has 1 fully saturated rings. The number of rotatable bonds is 6. The highest BCUT2D eigenvalue weighted by atomic mass is 32.2. The zero-order valence-electron chi connectivity index (χ0n) is 14.6. The first kappa shape index (κ1) is 19.3. The van der Waals surface area contributed by atoms with Crippen LogP contribution in [0.25, 0.3) is 0 Å². The molecule has 7 heteroatoms. The van der Waals surface area contributed by atoms with Crippen LogP contribution in [0.1, 0.15) is 33.1 Å². The van der Waals surface area contributed by atoms with Crippen molar-refractivity contribution >= 4 is 15.7 Å². The van der Waals surface area contributed by atoms with E-state index in [0.717, 1.165) is 0 Å². The van der Waals surface area contributed by atoms with Crippen LogP contribution in [-0.4, -0.2) is 44.2 Å². The SMILES string of the molecule is CC(C)Oc1ccc(S(=O)(=O)CCC(=O)N2CCC(C#N)CC2)cc1. The van der Waals surface area contributed by atoms with Gasteiger partial charge in [0.05, 0.1) is 22.8 Å². The summed E-state index contributed by atoms with van der Waals surface area (Å²) in [6, 6.07) is 8.49. The second-order valence-corrected chi connectivity index (χ2v) is 8.60. The van der Waals surface area contributed by atoms with Crippen LogP contribution in [0.3, 0.4) is 0 Å². The third-order valence-electron chi connectivity index (χ3n) is 4.17. The Balaban J connectivity index is 1.90. The van der Waals surface area contributed by atoms with Crippen LogP contribution >= 0.6 is 0 Å².